The highest BCUT2D eigenvalue weighted by atomic mass is 32.2. The van der Waals surface area contributed by atoms with E-state index in [4.69, 9.17) is 15.2 Å². The van der Waals surface area contributed by atoms with Crippen LogP contribution >= 0.6 is 11.8 Å². The van der Waals surface area contributed by atoms with E-state index >= 15 is 0 Å². The molecule has 2 aromatic rings. The SMILES string of the molecule is COc1ccc(CSc2cc(N)cc(F)c2)cc1OC. The Morgan fingerprint density at radius 3 is 2.45 bits per heavy atom. The number of nitrogens with two attached hydrogens (primary N) is 1. The van der Waals surface area contributed by atoms with Crippen LogP contribution in [-0.4, -0.2) is 14.2 Å². The first-order valence-electron chi connectivity index (χ1n) is 6.02. The van der Waals surface area contributed by atoms with E-state index < -0.39 is 0 Å². The Labute approximate surface area is 121 Å². The van der Waals surface area contributed by atoms with E-state index in [-0.39, 0.29) is 5.82 Å². The number of anilines is 1. The molecule has 0 spiro atoms. The van der Waals surface area contributed by atoms with Gasteiger partial charge >= 0.3 is 0 Å². The van der Waals surface area contributed by atoms with Gasteiger partial charge in [-0.1, -0.05) is 6.07 Å². The van der Waals surface area contributed by atoms with E-state index in [1.807, 2.05) is 18.2 Å². The van der Waals surface area contributed by atoms with Crippen molar-refractivity contribution in [2.75, 3.05) is 20.0 Å². The Hall–Kier alpha value is -1.88. The lowest BCUT2D eigenvalue weighted by atomic mass is 10.2. The molecule has 0 saturated carbocycles. The topological polar surface area (TPSA) is 44.5 Å². The summed E-state index contributed by atoms with van der Waals surface area (Å²) in [7, 11) is 3.20. The zero-order valence-electron chi connectivity index (χ0n) is 11.4. The predicted octanol–water partition coefficient (Wildman–Crippen LogP) is 3.72. The van der Waals surface area contributed by atoms with Crippen molar-refractivity contribution in [3.05, 3.63) is 47.8 Å². The Kier molecular flexibility index (Phi) is 4.74. The van der Waals surface area contributed by atoms with Gasteiger partial charge in [-0.15, -0.1) is 11.8 Å². The molecule has 0 unspecified atom stereocenters. The molecular formula is C15H16FNO2S. The molecule has 0 bridgehead atoms. The van der Waals surface area contributed by atoms with Gasteiger partial charge in [-0.2, -0.15) is 0 Å². The second-order valence-electron chi connectivity index (χ2n) is 4.20. The Morgan fingerprint density at radius 1 is 1.05 bits per heavy atom. The van der Waals surface area contributed by atoms with Gasteiger partial charge in [0, 0.05) is 16.3 Å². The molecule has 2 rings (SSSR count). The lowest BCUT2D eigenvalue weighted by Gasteiger charge is -2.09. The fraction of sp³-hybridized carbons (Fsp3) is 0.200. The van der Waals surface area contributed by atoms with Crippen molar-refractivity contribution in [2.24, 2.45) is 0 Å². The lowest BCUT2D eigenvalue weighted by Crippen LogP contribution is -1.92. The van der Waals surface area contributed by atoms with Crippen LogP contribution in [0.4, 0.5) is 10.1 Å². The highest BCUT2D eigenvalue weighted by Crippen LogP contribution is 2.31. The lowest BCUT2D eigenvalue weighted by molar-refractivity contribution is 0.354. The second-order valence-corrected chi connectivity index (χ2v) is 5.25. The maximum Gasteiger partial charge on any atom is 0.161 e. The van der Waals surface area contributed by atoms with Crippen molar-refractivity contribution in [3.8, 4) is 11.5 Å². The van der Waals surface area contributed by atoms with Crippen LogP contribution in [0.1, 0.15) is 5.56 Å². The van der Waals surface area contributed by atoms with Crippen molar-refractivity contribution >= 4 is 17.4 Å². The Morgan fingerprint density at radius 2 is 1.80 bits per heavy atom. The molecule has 0 aliphatic heterocycles. The van der Waals surface area contributed by atoms with Crippen molar-refractivity contribution in [3.63, 3.8) is 0 Å². The summed E-state index contributed by atoms with van der Waals surface area (Å²) in [6.45, 7) is 0. The number of halogens is 1. The van der Waals surface area contributed by atoms with Crippen LogP contribution in [0, 0.1) is 5.82 Å². The van der Waals surface area contributed by atoms with E-state index in [2.05, 4.69) is 0 Å². The first-order chi connectivity index (χ1) is 9.62. The minimum atomic E-state index is -0.320. The van der Waals surface area contributed by atoms with Crippen LogP contribution < -0.4 is 15.2 Å². The van der Waals surface area contributed by atoms with E-state index in [0.717, 1.165) is 10.5 Å². The molecule has 0 aliphatic carbocycles. The van der Waals surface area contributed by atoms with Gasteiger partial charge < -0.3 is 15.2 Å². The third-order valence-electron chi connectivity index (χ3n) is 2.75. The average Bonchev–Trinajstić information content (AvgIpc) is 2.43. The standard InChI is InChI=1S/C15H16FNO2S/c1-18-14-4-3-10(5-15(14)19-2)9-20-13-7-11(16)6-12(17)8-13/h3-8H,9,17H2,1-2H3. The van der Waals surface area contributed by atoms with E-state index in [0.29, 0.717) is 22.9 Å². The highest BCUT2D eigenvalue weighted by Gasteiger charge is 2.06. The van der Waals surface area contributed by atoms with Crippen molar-refractivity contribution in [1.29, 1.82) is 0 Å². The molecule has 0 amide bonds. The van der Waals surface area contributed by atoms with E-state index in [1.54, 1.807) is 20.3 Å². The van der Waals surface area contributed by atoms with Gasteiger partial charge in [0.2, 0.25) is 0 Å². The minimum Gasteiger partial charge on any atom is -0.493 e. The van der Waals surface area contributed by atoms with Gasteiger partial charge in [-0.05, 0) is 35.9 Å². The molecular weight excluding hydrogens is 277 g/mol. The third kappa shape index (κ3) is 3.57. The summed E-state index contributed by atoms with van der Waals surface area (Å²) in [4.78, 5) is 0.803. The third-order valence-corrected chi connectivity index (χ3v) is 3.79. The van der Waals surface area contributed by atoms with Crippen LogP contribution in [0.25, 0.3) is 0 Å². The fourth-order valence-corrected chi connectivity index (χ4v) is 2.73. The monoisotopic (exact) mass is 293 g/mol. The van der Waals surface area contributed by atoms with Gasteiger partial charge in [-0.25, -0.2) is 4.39 Å². The van der Waals surface area contributed by atoms with Crippen molar-refractivity contribution < 1.29 is 13.9 Å². The summed E-state index contributed by atoms with van der Waals surface area (Å²) in [5, 5.41) is 0. The molecule has 0 radical (unpaired) electrons. The maximum absolute atomic E-state index is 13.2. The molecule has 0 saturated heterocycles. The first kappa shape index (κ1) is 14.5. The van der Waals surface area contributed by atoms with Gasteiger partial charge in [-0.3, -0.25) is 0 Å². The molecule has 0 aliphatic rings. The summed E-state index contributed by atoms with van der Waals surface area (Å²) in [6.07, 6.45) is 0. The maximum atomic E-state index is 13.2. The van der Waals surface area contributed by atoms with Crippen molar-refractivity contribution in [1.82, 2.24) is 0 Å². The number of ether oxygens (including phenoxy) is 2. The van der Waals surface area contributed by atoms with Crippen LogP contribution in [0.5, 0.6) is 11.5 Å². The van der Waals surface area contributed by atoms with Gasteiger partial charge in [0.25, 0.3) is 0 Å². The summed E-state index contributed by atoms with van der Waals surface area (Å²) >= 11 is 1.52. The quantitative estimate of drug-likeness (QED) is 0.674. The van der Waals surface area contributed by atoms with Crippen molar-refractivity contribution in [2.45, 2.75) is 10.6 Å². The van der Waals surface area contributed by atoms with Gasteiger partial charge in [0.1, 0.15) is 5.82 Å². The van der Waals surface area contributed by atoms with Gasteiger partial charge in [0.05, 0.1) is 14.2 Å². The average molecular weight is 293 g/mol. The number of benzene rings is 2. The smallest absolute Gasteiger partial charge is 0.161 e. The summed E-state index contributed by atoms with van der Waals surface area (Å²) in [5.74, 6) is 1.75. The number of hydrogen-bond donors (Lipinski definition) is 1. The molecule has 106 valence electrons. The summed E-state index contributed by atoms with van der Waals surface area (Å²) in [5.41, 5.74) is 7.12. The largest absolute Gasteiger partial charge is 0.493 e. The summed E-state index contributed by atoms with van der Waals surface area (Å²) < 4.78 is 23.7. The highest BCUT2D eigenvalue weighted by molar-refractivity contribution is 7.98. The molecule has 20 heavy (non-hydrogen) atoms. The number of thioether (sulfide) groups is 1. The van der Waals surface area contributed by atoms with Crippen LogP contribution in [0.3, 0.4) is 0 Å². The molecule has 0 atom stereocenters. The zero-order chi connectivity index (χ0) is 14.5. The molecule has 5 heteroatoms. The van der Waals surface area contributed by atoms with E-state index in [1.165, 1.54) is 23.9 Å². The number of methoxy groups -OCH3 is 2. The number of nitrogen functional groups attached to an aromatic ring is 1. The first-order valence-corrected chi connectivity index (χ1v) is 7.00. The predicted molar refractivity (Wildman–Crippen MR) is 79.9 cm³/mol. The molecule has 0 aromatic heterocycles. The summed E-state index contributed by atoms with van der Waals surface area (Å²) in [6, 6.07) is 10.3. The van der Waals surface area contributed by atoms with Gasteiger partial charge in [0.15, 0.2) is 11.5 Å². The fourth-order valence-electron chi connectivity index (χ4n) is 1.80. The molecule has 0 heterocycles. The molecule has 0 fully saturated rings. The molecule has 2 N–H and O–H groups in total. The van der Waals surface area contributed by atoms with Crippen LogP contribution in [-0.2, 0) is 5.75 Å². The Balaban J connectivity index is 2.10. The number of rotatable bonds is 5. The van der Waals surface area contributed by atoms with E-state index in [9.17, 15) is 4.39 Å². The molecule has 3 nitrogen and oxygen atoms in total. The molecule has 2 aromatic carbocycles. The minimum absolute atomic E-state index is 0.320. The van der Waals surface area contributed by atoms with Crippen LogP contribution in [0.15, 0.2) is 41.3 Å². The second kappa shape index (κ2) is 6.52. The normalized spacial score (nSPS) is 10.3. The number of hydrogen-bond acceptors (Lipinski definition) is 4. The van der Waals surface area contributed by atoms with Crippen LogP contribution in [0.2, 0.25) is 0 Å². The Bertz CT molecular complexity index is 584. The zero-order valence-corrected chi connectivity index (χ0v) is 12.2.